The number of ether oxygens (including phenoxy) is 1. The maximum Gasteiger partial charge on any atom is 0.170 e. The van der Waals surface area contributed by atoms with Gasteiger partial charge in [-0.15, -0.1) is 0 Å². The third-order valence-electron chi connectivity index (χ3n) is 2.66. The molecule has 2 heterocycles. The Morgan fingerprint density at radius 1 is 1.19 bits per heavy atom. The van der Waals surface area contributed by atoms with E-state index < -0.39 is 0 Å². The first-order chi connectivity index (χ1) is 7.53. The molecule has 0 radical (unpaired) electrons. The standard InChI is InChI=1S/C13H11BrO2/c1-13(2)4-3-8-5-9-6-12(14)15-10(9)7-11(8)16-13/h3-7H,1-2H3. The zero-order valence-electron chi connectivity index (χ0n) is 9.08. The highest BCUT2D eigenvalue weighted by Gasteiger charge is 2.22. The number of rotatable bonds is 0. The predicted octanol–water partition coefficient (Wildman–Crippen LogP) is 4.38. The molecule has 0 aliphatic carbocycles. The summed E-state index contributed by atoms with van der Waals surface area (Å²) in [4.78, 5) is 0. The minimum absolute atomic E-state index is 0.246. The fourth-order valence-electron chi connectivity index (χ4n) is 1.88. The van der Waals surface area contributed by atoms with Crippen molar-refractivity contribution in [1.82, 2.24) is 0 Å². The summed E-state index contributed by atoms with van der Waals surface area (Å²) in [6.45, 7) is 4.07. The van der Waals surface area contributed by atoms with Crippen LogP contribution >= 0.6 is 15.9 Å². The Morgan fingerprint density at radius 3 is 2.81 bits per heavy atom. The van der Waals surface area contributed by atoms with Crippen LogP contribution in [0.2, 0.25) is 0 Å². The summed E-state index contributed by atoms with van der Waals surface area (Å²) in [6, 6.07) is 5.98. The van der Waals surface area contributed by atoms with E-state index in [1.54, 1.807) is 0 Å². The Kier molecular flexibility index (Phi) is 1.96. The van der Waals surface area contributed by atoms with Crippen molar-refractivity contribution in [2.45, 2.75) is 19.4 Å². The molecule has 0 saturated carbocycles. The van der Waals surface area contributed by atoms with Crippen LogP contribution in [0.1, 0.15) is 19.4 Å². The van der Waals surface area contributed by atoms with E-state index in [9.17, 15) is 0 Å². The Balaban J connectivity index is 2.23. The molecular weight excluding hydrogens is 268 g/mol. The molecule has 1 aliphatic rings. The van der Waals surface area contributed by atoms with Crippen LogP contribution in [0.25, 0.3) is 17.0 Å². The van der Waals surface area contributed by atoms with E-state index in [1.165, 1.54) is 0 Å². The van der Waals surface area contributed by atoms with E-state index in [1.807, 2.05) is 26.0 Å². The van der Waals surface area contributed by atoms with Gasteiger partial charge in [0.2, 0.25) is 0 Å². The van der Waals surface area contributed by atoms with Gasteiger partial charge in [0, 0.05) is 17.0 Å². The second-order valence-electron chi connectivity index (χ2n) is 4.52. The first kappa shape index (κ1) is 9.97. The molecule has 0 saturated heterocycles. The summed E-state index contributed by atoms with van der Waals surface area (Å²) in [5.41, 5.74) is 1.70. The molecule has 0 N–H and O–H groups in total. The monoisotopic (exact) mass is 278 g/mol. The minimum atomic E-state index is -0.246. The summed E-state index contributed by atoms with van der Waals surface area (Å²) in [6.07, 6.45) is 4.16. The van der Waals surface area contributed by atoms with Gasteiger partial charge in [0.25, 0.3) is 0 Å². The predicted molar refractivity (Wildman–Crippen MR) is 67.7 cm³/mol. The van der Waals surface area contributed by atoms with Crippen molar-refractivity contribution in [1.29, 1.82) is 0 Å². The normalized spacial score (nSPS) is 17.2. The van der Waals surface area contributed by atoms with Crippen LogP contribution in [0, 0.1) is 0 Å². The largest absolute Gasteiger partial charge is 0.483 e. The summed E-state index contributed by atoms with van der Waals surface area (Å²) in [5, 5.41) is 1.08. The minimum Gasteiger partial charge on any atom is -0.483 e. The van der Waals surface area contributed by atoms with Crippen molar-refractivity contribution >= 4 is 33.0 Å². The van der Waals surface area contributed by atoms with Gasteiger partial charge in [-0.2, -0.15) is 0 Å². The molecular formula is C13H11BrO2. The first-order valence-electron chi connectivity index (χ1n) is 5.15. The van der Waals surface area contributed by atoms with Gasteiger partial charge in [0.15, 0.2) is 4.67 Å². The number of hydrogen-bond acceptors (Lipinski definition) is 2. The van der Waals surface area contributed by atoms with E-state index >= 15 is 0 Å². The van der Waals surface area contributed by atoms with E-state index in [2.05, 4.69) is 34.1 Å². The van der Waals surface area contributed by atoms with Gasteiger partial charge in [-0.1, -0.05) is 6.08 Å². The highest BCUT2D eigenvalue weighted by atomic mass is 79.9. The lowest BCUT2D eigenvalue weighted by Gasteiger charge is -2.27. The average molecular weight is 279 g/mol. The number of hydrogen-bond donors (Lipinski definition) is 0. The number of halogens is 1. The molecule has 16 heavy (non-hydrogen) atoms. The molecule has 0 atom stereocenters. The quantitative estimate of drug-likeness (QED) is 0.714. The van der Waals surface area contributed by atoms with Crippen LogP contribution in [0.5, 0.6) is 5.75 Å². The van der Waals surface area contributed by atoms with Crippen molar-refractivity contribution < 1.29 is 9.15 Å². The maximum atomic E-state index is 5.87. The van der Waals surface area contributed by atoms with Crippen molar-refractivity contribution in [2.75, 3.05) is 0 Å². The zero-order valence-corrected chi connectivity index (χ0v) is 10.7. The summed E-state index contributed by atoms with van der Waals surface area (Å²) in [7, 11) is 0. The third-order valence-corrected chi connectivity index (χ3v) is 3.05. The molecule has 3 heteroatoms. The van der Waals surface area contributed by atoms with Crippen molar-refractivity contribution in [3.8, 4) is 5.75 Å². The van der Waals surface area contributed by atoms with E-state index in [-0.39, 0.29) is 5.60 Å². The topological polar surface area (TPSA) is 22.4 Å². The van der Waals surface area contributed by atoms with Crippen LogP contribution in [0.3, 0.4) is 0 Å². The van der Waals surface area contributed by atoms with Crippen LogP contribution in [0.4, 0.5) is 0 Å². The summed E-state index contributed by atoms with van der Waals surface area (Å²) in [5.74, 6) is 0.877. The first-order valence-corrected chi connectivity index (χ1v) is 5.94. The highest BCUT2D eigenvalue weighted by molar-refractivity contribution is 9.10. The molecule has 82 valence electrons. The number of benzene rings is 1. The van der Waals surface area contributed by atoms with Gasteiger partial charge < -0.3 is 9.15 Å². The van der Waals surface area contributed by atoms with Crippen LogP contribution in [0.15, 0.2) is 33.4 Å². The molecule has 2 nitrogen and oxygen atoms in total. The molecule has 1 aliphatic heterocycles. The second kappa shape index (κ2) is 3.14. The van der Waals surface area contributed by atoms with Gasteiger partial charge >= 0.3 is 0 Å². The molecule has 0 unspecified atom stereocenters. The molecule has 1 aromatic carbocycles. The Bertz CT molecular complexity index is 593. The molecule has 0 spiro atoms. The lowest BCUT2D eigenvalue weighted by Crippen LogP contribution is -2.27. The average Bonchev–Trinajstić information content (AvgIpc) is 2.52. The maximum absolute atomic E-state index is 5.87. The Hall–Kier alpha value is -1.22. The van der Waals surface area contributed by atoms with E-state index in [0.29, 0.717) is 0 Å². The van der Waals surface area contributed by atoms with Crippen LogP contribution in [-0.2, 0) is 0 Å². The number of fused-ring (bicyclic) bond motifs is 2. The van der Waals surface area contributed by atoms with Crippen molar-refractivity contribution in [3.05, 3.63) is 34.5 Å². The lowest BCUT2D eigenvalue weighted by molar-refractivity contribution is 0.159. The lowest BCUT2D eigenvalue weighted by atomic mass is 10.0. The SMILES string of the molecule is CC1(C)C=Cc2cc3cc(Br)oc3cc2O1. The second-order valence-corrected chi connectivity index (χ2v) is 5.30. The van der Waals surface area contributed by atoms with Gasteiger partial charge in [0.05, 0.1) is 0 Å². The number of furan rings is 1. The van der Waals surface area contributed by atoms with Gasteiger partial charge in [-0.25, -0.2) is 0 Å². The fraction of sp³-hybridized carbons (Fsp3) is 0.231. The fourth-order valence-corrected chi connectivity index (χ4v) is 2.30. The molecule has 0 amide bonds. The Labute approximate surface area is 102 Å². The van der Waals surface area contributed by atoms with Gasteiger partial charge in [-0.3, -0.25) is 0 Å². The third kappa shape index (κ3) is 1.55. The van der Waals surface area contributed by atoms with Gasteiger partial charge in [-0.05, 0) is 48.0 Å². The van der Waals surface area contributed by atoms with Crippen molar-refractivity contribution in [2.24, 2.45) is 0 Å². The molecule has 1 aromatic heterocycles. The molecule has 0 fully saturated rings. The van der Waals surface area contributed by atoms with Crippen LogP contribution < -0.4 is 4.74 Å². The summed E-state index contributed by atoms with van der Waals surface area (Å²) >= 11 is 3.33. The van der Waals surface area contributed by atoms with Gasteiger partial charge in [0.1, 0.15) is 16.9 Å². The van der Waals surface area contributed by atoms with Crippen LogP contribution in [-0.4, -0.2) is 5.60 Å². The smallest absolute Gasteiger partial charge is 0.170 e. The highest BCUT2D eigenvalue weighted by Crippen LogP contribution is 2.36. The van der Waals surface area contributed by atoms with E-state index in [0.717, 1.165) is 27.0 Å². The Morgan fingerprint density at radius 2 is 2.00 bits per heavy atom. The molecule has 0 bridgehead atoms. The molecule has 2 aromatic rings. The summed E-state index contributed by atoms with van der Waals surface area (Å²) < 4.78 is 12.1. The molecule has 3 rings (SSSR count). The zero-order chi connectivity index (χ0) is 11.3. The van der Waals surface area contributed by atoms with E-state index in [4.69, 9.17) is 9.15 Å². The van der Waals surface area contributed by atoms with Crippen molar-refractivity contribution in [3.63, 3.8) is 0 Å².